The summed E-state index contributed by atoms with van der Waals surface area (Å²) in [4.78, 5) is 13.3. The van der Waals surface area contributed by atoms with E-state index >= 15 is 0 Å². The molecule has 7 nitrogen and oxygen atoms in total. The van der Waals surface area contributed by atoms with Crippen LogP contribution in [-0.2, 0) is 4.74 Å². The highest BCUT2D eigenvalue weighted by Gasteiger charge is 2.23. The van der Waals surface area contributed by atoms with Crippen molar-refractivity contribution < 1.29 is 4.74 Å². The normalized spacial score (nSPS) is 21.2. The van der Waals surface area contributed by atoms with Crippen molar-refractivity contribution >= 4 is 41.3 Å². The predicted octanol–water partition coefficient (Wildman–Crippen LogP) is 1.54. The summed E-state index contributed by atoms with van der Waals surface area (Å²) < 4.78 is 5.54. The first kappa shape index (κ1) is 24.8. The molecule has 2 N–H and O–H groups in total. The van der Waals surface area contributed by atoms with E-state index < -0.39 is 0 Å². The van der Waals surface area contributed by atoms with Crippen LogP contribution in [-0.4, -0.2) is 107 Å². The minimum absolute atomic E-state index is 0. The molecule has 0 amide bonds. The third-order valence-corrected chi connectivity index (χ3v) is 6.55. The van der Waals surface area contributed by atoms with Gasteiger partial charge in [0.15, 0.2) is 5.96 Å². The van der Waals surface area contributed by atoms with Crippen LogP contribution in [0.5, 0.6) is 0 Å². The maximum absolute atomic E-state index is 5.54. The van der Waals surface area contributed by atoms with Crippen molar-refractivity contribution in [3.8, 4) is 0 Å². The van der Waals surface area contributed by atoms with Crippen LogP contribution in [0.3, 0.4) is 0 Å². The lowest BCUT2D eigenvalue weighted by molar-refractivity contribution is 0.0177. The molecular weight excluding hydrogens is 499 g/mol. The monoisotopic (exact) mass is 536 g/mol. The molecule has 0 aliphatic carbocycles. The summed E-state index contributed by atoms with van der Waals surface area (Å²) in [6, 6.07) is 4.74. The van der Waals surface area contributed by atoms with E-state index in [1.54, 1.807) is 0 Å². The third-order valence-electron chi connectivity index (χ3n) is 5.58. The van der Waals surface area contributed by atoms with Gasteiger partial charge in [-0.3, -0.25) is 9.89 Å². The smallest absolute Gasteiger partial charge is 0.191 e. The Hall–Kier alpha value is -0.460. The summed E-state index contributed by atoms with van der Waals surface area (Å²) in [6.07, 6.45) is 1.26. The van der Waals surface area contributed by atoms with Crippen LogP contribution in [0.4, 0.5) is 0 Å². The summed E-state index contributed by atoms with van der Waals surface area (Å²) in [6.45, 7) is 11.2. The van der Waals surface area contributed by atoms with E-state index in [2.05, 4.69) is 54.9 Å². The molecule has 166 valence electrons. The number of aliphatic imine (C=N–C) groups is 1. The molecule has 0 radical (unpaired) electrons. The first-order valence-corrected chi connectivity index (χ1v) is 11.3. The molecule has 1 aromatic rings. The Balaban J connectivity index is 0.00000300. The Kier molecular flexibility index (Phi) is 11.8. The molecule has 1 unspecified atom stereocenters. The third kappa shape index (κ3) is 8.29. The lowest BCUT2D eigenvalue weighted by Gasteiger charge is -2.34. The zero-order chi connectivity index (χ0) is 19.6. The van der Waals surface area contributed by atoms with Gasteiger partial charge in [-0.2, -0.15) is 0 Å². The van der Waals surface area contributed by atoms with Gasteiger partial charge in [0, 0.05) is 57.7 Å². The number of likely N-dealkylation sites (N-methyl/N-ethyl adjacent to an activating group) is 1. The van der Waals surface area contributed by atoms with Gasteiger partial charge >= 0.3 is 0 Å². The van der Waals surface area contributed by atoms with E-state index in [1.165, 1.54) is 24.4 Å². The van der Waals surface area contributed by atoms with Gasteiger partial charge in [0.05, 0.1) is 19.3 Å². The number of hydrogen-bond donors (Lipinski definition) is 2. The number of ether oxygens (including phenoxy) is 1. The van der Waals surface area contributed by atoms with Crippen molar-refractivity contribution in [1.29, 1.82) is 0 Å². The first-order chi connectivity index (χ1) is 13.8. The molecule has 2 saturated heterocycles. The largest absolute Gasteiger partial charge is 0.379 e. The van der Waals surface area contributed by atoms with Crippen molar-refractivity contribution in [1.82, 2.24) is 25.3 Å². The Morgan fingerprint density at radius 3 is 2.72 bits per heavy atom. The highest BCUT2D eigenvalue weighted by atomic mass is 127. The van der Waals surface area contributed by atoms with Gasteiger partial charge in [-0.1, -0.05) is 6.07 Å². The summed E-state index contributed by atoms with van der Waals surface area (Å²) in [5.74, 6) is 0.891. The van der Waals surface area contributed by atoms with Gasteiger partial charge in [0.2, 0.25) is 0 Å². The molecule has 2 fully saturated rings. The van der Waals surface area contributed by atoms with E-state index in [0.717, 1.165) is 65.0 Å². The second-order valence-corrected chi connectivity index (χ2v) is 8.54. The molecule has 2 aliphatic heterocycles. The fourth-order valence-electron chi connectivity index (χ4n) is 3.85. The Bertz CT molecular complexity index is 582. The zero-order valence-corrected chi connectivity index (χ0v) is 21.0. The maximum atomic E-state index is 5.54. The topological polar surface area (TPSA) is 55.4 Å². The van der Waals surface area contributed by atoms with E-state index in [0.29, 0.717) is 6.04 Å². The van der Waals surface area contributed by atoms with Crippen molar-refractivity contribution in [3.05, 3.63) is 22.4 Å². The standard InChI is InChI=1S/C20H36N6OS.HI/c1-21-20(22-6-9-25-8-4-7-24(2)10-11-25)23-17-18(19-5-3-16-28-19)26-12-14-27-15-13-26;/h3,5,16,18H,4,6-15,17H2,1-2H3,(H2,21,22,23);1H. The zero-order valence-electron chi connectivity index (χ0n) is 17.8. The van der Waals surface area contributed by atoms with Crippen molar-refractivity contribution in [2.45, 2.75) is 12.5 Å². The predicted molar refractivity (Wildman–Crippen MR) is 133 cm³/mol. The molecular formula is C20H37IN6OS. The number of morpholine rings is 1. The van der Waals surface area contributed by atoms with Crippen LogP contribution in [0, 0.1) is 0 Å². The van der Waals surface area contributed by atoms with Crippen LogP contribution in [0.15, 0.2) is 22.5 Å². The van der Waals surface area contributed by atoms with Crippen LogP contribution in [0.1, 0.15) is 17.3 Å². The van der Waals surface area contributed by atoms with E-state index in [9.17, 15) is 0 Å². The second-order valence-electron chi connectivity index (χ2n) is 7.56. The molecule has 0 saturated carbocycles. The first-order valence-electron chi connectivity index (χ1n) is 10.5. The number of halogens is 1. The average molecular weight is 537 g/mol. The Labute approximate surface area is 196 Å². The average Bonchev–Trinajstić information content (AvgIpc) is 3.17. The molecule has 3 heterocycles. The number of nitrogens with zero attached hydrogens (tertiary/aromatic N) is 4. The molecule has 3 rings (SSSR count). The molecule has 0 spiro atoms. The summed E-state index contributed by atoms with van der Waals surface area (Å²) in [5.41, 5.74) is 0. The number of nitrogens with one attached hydrogen (secondary N) is 2. The summed E-state index contributed by atoms with van der Waals surface area (Å²) in [5, 5.41) is 9.21. The van der Waals surface area contributed by atoms with Crippen LogP contribution >= 0.6 is 35.3 Å². The molecule has 9 heteroatoms. The molecule has 2 aliphatic rings. The maximum Gasteiger partial charge on any atom is 0.191 e. The van der Waals surface area contributed by atoms with Crippen molar-refractivity contribution in [2.24, 2.45) is 4.99 Å². The van der Waals surface area contributed by atoms with Gasteiger partial charge in [-0.25, -0.2) is 0 Å². The summed E-state index contributed by atoms with van der Waals surface area (Å²) >= 11 is 1.83. The van der Waals surface area contributed by atoms with Crippen LogP contribution in [0.25, 0.3) is 0 Å². The fourth-order valence-corrected chi connectivity index (χ4v) is 4.71. The number of hydrogen-bond acceptors (Lipinski definition) is 6. The van der Waals surface area contributed by atoms with E-state index in [4.69, 9.17) is 4.74 Å². The number of guanidine groups is 1. The summed E-state index contributed by atoms with van der Waals surface area (Å²) in [7, 11) is 4.07. The minimum atomic E-state index is 0. The highest BCUT2D eigenvalue weighted by molar-refractivity contribution is 14.0. The van der Waals surface area contributed by atoms with Gasteiger partial charge in [0.1, 0.15) is 0 Å². The van der Waals surface area contributed by atoms with Gasteiger partial charge in [-0.05, 0) is 38.0 Å². The molecule has 1 atom stereocenters. The van der Waals surface area contributed by atoms with E-state index in [1.807, 2.05) is 18.4 Å². The number of rotatable bonds is 7. The van der Waals surface area contributed by atoms with Crippen LogP contribution in [0.2, 0.25) is 0 Å². The molecule has 29 heavy (non-hydrogen) atoms. The quantitative estimate of drug-likeness (QED) is 0.314. The minimum Gasteiger partial charge on any atom is -0.379 e. The highest BCUT2D eigenvalue weighted by Crippen LogP contribution is 2.25. The van der Waals surface area contributed by atoms with E-state index in [-0.39, 0.29) is 24.0 Å². The SMILES string of the molecule is CN=C(NCCN1CCCN(C)CC1)NCC(c1cccs1)N1CCOCC1.I. The fraction of sp³-hybridized carbons (Fsp3) is 0.750. The Morgan fingerprint density at radius 1 is 1.17 bits per heavy atom. The molecule has 1 aromatic heterocycles. The van der Waals surface area contributed by atoms with Crippen LogP contribution < -0.4 is 10.6 Å². The van der Waals surface area contributed by atoms with Gasteiger partial charge in [0.25, 0.3) is 0 Å². The van der Waals surface area contributed by atoms with Crippen molar-refractivity contribution in [2.75, 3.05) is 86.2 Å². The lowest BCUT2D eigenvalue weighted by Crippen LogP contribution is -2.47. The van der Waals surface area contributed by atoms with Gasteiger partial charge < -0.3 is 25.2 Å². The Morgan fingerprint density at radius 2 is 2.00 bits per heavy atom. The number of thiophene rings is 1. The molecule has 0 bridgehead atoms. The lowest BCUT2D eigenvalue weighted by atomic mass is 10.2. The van der Waals surface area contributed by atoms with Gasteiger partial charge in [-0.15, -0.1) is 35.3 Å². The van der Waals surface area contributed by atoms with Crippen molar-refractivity contribution in [3.63, 3.8) is 0 Å². The molecule has 0 aromatic carbocycles. The second kappa shape index (κ2) is 13.8.